The smallest absolute Gasteiger partial charge is 0.0451 e. The van der Waals surface area contributed by atoms with Gasteiger partial charge >= 0.3 is 0 Å². The number of aryl methyl sites for hydroxylation is 1. The van der Waals surface area contributed by atoms with E-state index in [1.54, 1.807) is 0 Å². The molecule has 106 valence electrons. The van der Waals surface area contributed by atoms with Crippen LogP contribution < -0.4 is 4.90 Å². The second-order valence-electron chi connectivity index (χ2n) is 5.83. The Balaban J connectivity index is 2.31. The van der Waals surface area contributed by atoms with Gasteiger partial charge in [-0.15, -0.1) is 0 Å². The molecule has 0 spiro atoms. The molecule has 1 fully saturated rings. The third-order valence-corrected chi connectivity index (χ3v) is 4.50. The van der Waals surface area contributed by atoms with Crippen molar-refractivity contribution in [1.29, 1.82) is 0 Å². The standard InChI is InChI=1S/C16H26N2O/c1-12-6-5-7-16(14(12)3)18-10-13(2)17(4)11-15(18)8-9-19/h5-7,13,15,19H,8-11H2,1-4H3. The van der Waals surface area contributed by atoms with Gasteiger partial charge in [-0.1, -0.05) is 12.1 Å². The Kier molecular flexibility index (Phi) is 4.48. The molecule has 0 amide bonds. The lowest BCUT2D eigenvalue weighted by Gasteiger charge is -2.45. The lowest BCUT2D eigenvalue weighted by molar-refractivity contribution is 0.177. The molecule has 2 rings (SSSR count). The highest BCUT2D eigenvalue weighted by Gasteiger charge is 2.30. The van der Waals surface area contributed by atoms with E-state index in [0.717, 1.165) is 19.5 Å². The SMILES string of the molecule is Cc1cccc(N2CC(C)N(C)CC2CCO)c1C. The van der Waals surface area contributed by atoms with Crippen molar-refractivity contribution in [3.05, 3.63) is 29.3 Å². The number of hydrogen-bond donors (Lipinski definition) is 1. The van der Waals surface area contributed by atoms with E-state index in [0.29, 0.717) is 12.1 Å². The lowest BCUT2D eigenvalue weighted by atomic mass is 10.0. The zero-order valence-corrected chi connectivity index (χ0v) is 12.6. The predicted octanol–water partition coefficient (Wildman–Crippen LogP) is 2.19. The molecule has 0 aromatic heterocycles. The number of nitrogens with zero attached hydrogens (tertiary/aromatic N) is 2. The molecule has 3 nitrogen and oxygen atoms in total. The van der Waals surface area contributed by atoms with Crippen LogP contribution in [0, 0.1) is 13.8 Å². The summed E-state index contributed by atoms with van der Waals surface area (Å²) in [5.74, 6) is 0. The van der Waals surface area contributed by atoms with Gasteiger partial charge in [-0.25, -0.2) is 0 Å². The number of benzene rings is 1. The lowest BCUT2D eigenvalue weighted by Crippen LogP contribution is -2.56. The van der Waals surface area contributed by atoms with Crippen molar-refractivity contribution >= 4 is 5.69 Å². The third-order valence-electron chi connectivity index (χ3n) is 4.50. The molecule has 2 atom stereocenters. The average Bonchev–Trinajstić information content (AvgIpc) is 2.37. The zero-order chi connectivity index (χ0) is 14.0. The van der Waals surface area contributed by atoms with Gasteiger partial charge in [0.1, 0.15) is 0 Å². The normalized spacial score (nSPS) is 24.8. The van der Waals surface area contributed by atoms with Crippen LogP contribution in [-0.2, 0) is 0 Å². The van der Waals surface area contributed by atoms with Crippen LogP contribution in [0.5, 0.6) is 0 Å². The zero-order valence-electron chi connectivity index (χ0n) is 12.6. The maximum Gasteiger partial charge on any atom is 0.0451 e. The minimum atomic E-state index is 0.258. The Morgan fingerprint density at radius 3 is 2.68 bits per heavy atom. The van der Waals surface area contributed by atoms with E-state index in [2.05, 4.69) is 55.8 Å². The number of anilines is 1. The fraction of sp³-hybridized carbons (Fsp3) is 0.625. The summed E-state index contributed by atoms with van der Waals surface area (Å²) in [6.45, 7) is 8.95. The van der Waals surface area contributed by atoms with Crippen molar-refractivity contribution in [3.63, 3.8) is 0 Å². The van der Waals surface area contributed by atoms with Crippen LogP contribution in [0.15, 0.2) is 18.2 Å². The maximum atomic E-state index is 9.31. The molecule has 1 aromatic rings. The summed E-state index contributed by atoms with van der Waals surface area (Å²) in [6, 6.07) is 7.47. The van der Waals surface area contributed by atoms with Crippen LogP contribution in [0.3, 0.4) is 0 Å². The Morgan fingerprint density at radius 1 is 1.26 bits per heavy atom. The van der Waals surface area contributed by atoms with Gasteiger partial charge in [0.2, 0.25) is 0 Å². The highest BCUT2D eigenvalue weighted by molar-refractivity contribution is 5.57. The molecule has 0 bridgehead atoms. The first-order valence-corrected chi connectivity index (χ1v) is 7.18. The molecule has 0 aliphatic carbocycles. The van der Waals surface area contributed by atoms with Crippen LogP contribution in [0.4, 0.5) is 5.69 Å². The van der Waals surface area contributed by atoms with Crippen LogP contribution in [-0.4, -0.2) is 48.8 Å². The first-order valence-electron chi connectivity index (χ1n) is 7.18. The Morgan fingerprint density at radius 2 is 2.00 bits per heavy atom. The van der Waals surface area contributed by atoms with Crippen LogP contribution in [0.2, 0.25) is 0 Å². The van der Waals surface area contributed by atoms with Gasteiger partial charge in [0.25, 0.3) is 0 Å². The maximum absolute atomic E-state index is 9.31. The summed E-state index contributed by atoms with van der Waals surface area (Å²) < 4.78 is 0. The fourth-order valence-corrected chi connectivity index (χ4v) is 2.92. The van der Waals surface area contributed by atoms with Crippen molar-refractivity contribution in [2.24, 2.45) is 0 Å². The van der Waals surface area contributed by atoms with E-state index in [4.69, 9.17) is 0 Å². The molecule has 0 radical (unpaired) electrons. The molecule has 1 N–H and O–H groups in total. The largest absolute Gasteiger partial charge is 0.396 e. The van der Waals surface area contributed by atoms with Crippen molar-refractivity contribution in [2.75, 3.05) is 31.6 Å². The molecule has 0 saturated carbocycles. The summed E-state index contributed by atoms with van der Waals surface area (Å²) in [4.78, 5) is 4.88. The Bertz CT molecular complexity index is 433. The first kappa shape index (κ1) is 14.4. The van der Waals surface area contributed by atoms with Gasteiger partial charge in [0.15, 0.2) is 0 Å². The van der Waals surface area contributed by atoms with Crippen LogP contribution in [0.25, 0.3) is 0 Å². The molecule has 1 aromatic carbocycles. The van der Waals surface area contributed by atoms with Crippen molar-refractivity contribution < 1.29 is 5.11 Å². The van der Waals surface area contributed by atoms with Crippen LogP contribution >= 0.6 is 0 Å². The number of rotatable bonds is 3. The molecule has 19 heavy (non-hydrogen) atoms. The molecule has 3 heteroatoms. The second kappa shape index (κ2) is 5.93. The summed E-state index contributed by atoms with van der Waals surface area (Å²) in [5.41, 5.74) is 4.03. The second-order valence-corrected chi connectivity index (χ2v) is 5.83. The number of aliphatic hydroxyl groups is 1. The molecular weight excluding hydrogens is 236 g/mol. The van der Waals surface area contributed by atoms with Gasteiger partial charge in [0.05, 0.1) is 0 Å². The summed E-state index contributed by atoms with van der Waals surface area (Å²) in [7, 11) is 2.18. The fourth-order valence-electron chi connectivity index (χ4n) is 2.92. The van der Waals surface area contributed by atoms with E-state index >= 15 is 0 Å². The predicted molar refractivity (Wildman–Crippen MR) is 80.8 cm³/mol. The molecule has 1 heterocycles. The average molecular weight is 262 g/mol. The summed E-state index contributed by atoms with van der Waals surface area (Å²) >= 11 is 0. The van der Waals surface area contributed by atoms with Gasteiger partial charge in [0, 0.05) is 37.5 Å². The topological polar surface area (TPSA) is 26.7 Å². The summed E-state index contributed by atoms with van der Waals surface area (Å²) in [5, 5.41) is 9.31. The monoisotopic (exact) mass is 262 g/mol. The molecule has 1 aliphatic heterocycles. The van der Waals surface area contributed by atoms with Crippen LogP contribution in [0.1, 0.15) is 24.5 Å². The summed E-state index contributed by atoms with van der Waals surface area (Å²) in [6.07, 6.45) is 0.838. The number of hydrogen-bond acceptors (Lipinski definition) is 3. The minimum Gasteiger partial charge on any atom is -0.396 e. The van der Waals surface area contributed by atoms with E-state index in [-0.39, 0.29) is 6.61 Å². The van der Waals surface area contributed by atoms with Gasteiger partial charge in [-0.2, -0.15) is 0 Å². The molecular formula is C16H26N2O. The van der Waals surface area contributed by atoms with Crippen molar-refractivity contribution in [3.8, 4) is 0 Å². The van der Waals surface area contributed by atoms with E-state index in [1.807, 2.05) is 0 Å². The van der Waals surface area contributed by atoms with Gasteiger partial charge < -0.3 is 10.0 Å². The van der Waals surface area contributed by atoms with Gasteiger partial charge in [-0.05, 0) is 51.4 Å². The quantitative estimate of drug-likeness (QED) is 0.904. The van der Waals surface area contributed by atoms with E-state index in [1.165, 1.54) is 16.8 Å². The highest BCUT2D eigenvalue weighted by Crippen LogP contribution is 2.28. The Hall–Kier alpha value is -1.06. The third kappa shape index (κ3) is 2.93. The van der Waals surface area contributed by atoms with E-state index in [9.17, 15) is 5.11 Å². The number of likely N-dealkylation sites (N-methyl/N-ethyl adjacent to an activating group) is 1. The molecule has 1 aliphatic rings. The highest BCUT2D eigenvalue weighted by atomic mass is 16.3. The molecule has 1 saturated heterocycles. The van der Waals surface area contributed by atoms with Gasteiger partial charge in [-0.3, -0.25) is 4.90 Å². The van der Waals surface area contributed by atoms with E-state index < -0.39 is 0 Å². The van der Waals surface area contributed by atoms with Crippen molar-refractivity contribution in [2.45, 2.75) is 39.3 Å². The molecule has 2 unspecified atom stereocenters. The van der Waals surface area contributed by atoms with Crippen molar-refractivity contribution in [1.82, 2.24) is 4.90 Å². The first-order chi connectivity index (χ1) is 9.04. The number of piperazine rings is 1. The number of aliphatic hydroxyl groups excluding tert-OH is 1. The Labute approximate surface area is 116 Å². The minimum absolute atomic E-state index is 0.258.